The van der Waals surface area contributed by atoms with Gasteiger partial charge >= 0.3 is 0 Å². The van der Waals surface area contributed by atoms with Gasteiger partial charge in [-0.1, -0.05) is 6.42 Å². The molecule has 3 heteroatoms. The lowest BCUT2D eigenvalue weighted by atomic mass is 9.83. The molecule has 3 atom stereocenters. The molecular weight excluding hydrogens is 200 g/mol. The standard InChI is InChI=1S/C13H24N2O/c1-10(14(2)3)9-15-11-5-4-6-12(15)8-13(16)7-11/h10-12H,4-9H2,1-3H3. The van der Waals surface area contributed by atoms with Crippen molar-refractivity contribution in [2.75, 3.05) is 20.6 Å². The number of piperidine rings is 2. The second-order valence-corrected chi connectivity index (χ2v) is 5.69. The van der Waals surface area contributed by atoms with Crippen LogP contribution in [0.4, 0.5) is 0 Å². The maximum atomic E-state index is 11.6. The van der Waals surface area contributed by atoms with Crippen LogP contribution in [0.25, 0.3) is 0 Å². The predicted octanol–water partition coefficient (Wildman–Crippen LogP) is 1.52. The molecule has 3 nitrogen and oxygen atoms in total. The lowest BCUT2D eigenvalue weighted by Gasteiger charge is -2.47. The molecule has 0 aromatic heterocycles. The fourth-order valence-electron chi connectivity index (χ4n) is 3.03. The quantitative estimate of drug-likeness (QED) is 0.726. The Balaban J connectivity index is 2.00. The zero-order valence-corrected chi connectivity index (χ0v) is 10.8. The van der Waals surface area contributed by atoms with Gasteiger partial charge in [-0.3, -0.25) is 9.69 Å². The van der Waals surface area contributed by atoms with Crippen molar-refractivity contribution in [3.05, 3.63) is 0 Å². The third-order valence-corrected chi connectivity index (χ3v) is 4.30. The molecule has 3 unspecified atom stereocenters. The SMILES string of the molecule is CC(CN1C2CCCC1CC(=O)C2)N(C)C. The highest BCUT2D eigenvalue weighted by molar-refractivity contribution is 5.80. The summed E-state index contributed by atoms with van der Waals surface area (Å²) in [6, 6.07) is 1.67. The Labute approximate surface area is 98.8 Å². The van der Waals surface area contributed by atoms with Crippen molar-refractivity contribution in [3.8, 4) is 0 Å². The van der Waals surface area contributed by atoms with E-state index < -0.39 is 0 Å². The summed E-state index contributed by atoms with van der Waals surface area (Å²) in [7, 11) is 4.27. The van der Waals surface area contributed by atoms with Gasteiger partial charge in [-0.15, -0.1) is 0 Å². The number of hydrogen-bond acceptors (Lipinski definition) is 3. The highest BCUT2D eigenvalue weighted by atomic mass is 16.1. The molecule has 92 valence electrons. The van der Waals surface area contributed by atoms with E-state index in [-0.39, 0.29) is 0 Å². The minimum atomic E-state index is 0.489. The number of carbonyl (C=O) groups excluding carboxylic acids is 1. The molecule has 0 saturated carbocycles. The van der Waals surface area contributed by atoms with Gasteiger partial charge in [0.15, 0.2) is 0 Å². The first-order valence-electron chi connectivity index (χ1n) is 6.52. The van der Waals surface area contributed by atoms with Gasteiger partial charge < -0.3 is 4.90 Å². The Morgan fingerprint density at radius 2 is 1.88 bits per heavy atom. The molecule has 0 N–H and O–H groups in total. The van der Waals surface area contributed by atoms with Crippen LogP contribution in [-0.4, -0.2) is 54.3 Å². The van der Waals surface area contributed by atoms with Crippen molar-refractivity contribution in [1.29, 1.82) is 0 Å². The van der Waals surface area contributed by atoms with Crippen molar-refractivity contribution >= 4 is 5.78 Å². The third kappa shape index (κ3) is 2.46. The maximum absolute atomic E-state index is 11.6. The molecule has 2 bridgehead atoms. The molecule has 2 saturated heterocycles. The molecule has 0 amide bonds. The summed E-state index contributed by atoms with van der Waals surface area (Å²) in [6.45, 7) is 3.39. The molecule has 2 heterocycles. The van der Waals surface area contributed by atoms with Gasteiger partial charge in [0.2, 0.25) is 0 Å². The summed E-state index contributed by atoms with van der Waals surface area (Å²) in [6.07, 6.45) is 5.37. The van der Waals surface area contributed by atoms with Gasteiger partial charge in [0, 0.05) is 37.5 Å². The number of rotatable bonds is 3. The molecule has 0 radical (unpaired) electrons. The van der Waals surface area contributed by atoms with E-state index in [1.807, 2.05) is 0 Å². The minimum Gasteiger partial charge on any atom is -0.305 e. The first-order valence-corrected chi connectivity index (χ1v) is 6.52. The van der Waals surface area contributed by atoms with Gasteiger partial charge in [-0.05, 0) is 33.9 Å². The van der Waals surface area contributed by atoms with Gasteiger partial charge in [0.1, 0.15) is 5.78 Å². The predicted molar refractivity (Wildman–Crippen MR) is 65.5 cm³/mol. The zero-order chi connectivity index (χ0) is 11.7. The van der Waals surface area contributed by atoms with Crippen molar-refractivity contribution in [2.24, 2.45) is 0 Å². The molecule has 16 heavy (non-hydrogen) atoms. The van der Waals surface area contributed by atoms with Gasteiger partial charge in [-0.2, -0.15) is 0 Å². The second-order valence-electron chi connectivity index (χ2n) is 5.69. The van der Waals surface area contributed by atoms with E-state index in [4.69, 9.17) is 0 Å². The highest BCUT2D eigenvalue weighted by Gasteiger charge is 2.37. The van der Waals surface area contributed by atoms with Gasteiger partial charge in [0.05, 0.1) is 0 Å². The molecular formula is C13H24N2O. The van der Waals surface area contributed by atoms with Crippen LogP contribution in [-0.2, 0) is 4.79 Å². The van der Waals surface area contributed by atoms with E-state index >= 15 is 0 Å². The summed E-state index contributed by atoms with van der Waals surface area (Å²) in [5, 5.41) is 0. The first kappa shape index (κ1) is 12.1. The van der Waals surface area contributed by atoms with E-state index in [2.05, 4.69) is 30.8 Å². The molecule has 2 aliphatic heterocycles. The van der Waals surface area contributed by atoms with E-state index in [9.17, 15) is 4.79 Å². The molecule has 0 aromatic carbocycles. The molecule has 2 rings (SSSR count). The monoisotopic (exact) mass is 224 g/mol. The average Bonchev–Trinajstić information content (AvgIpc) is 2.19. The number of Topliss-reactive ketones (excluding diaryl/α,β-unsaturated/α-hetero) is 1. The Kier molecular flexibility index (Phi) is 3.65. The number of hydrogen-bond donors (Lipinski definition) is 0. The van der Waals surface area contributed by atoms with E-state index in [0.717, 1.165) is 19.4 Å². The zero-order valence-electron chi connectivity index (χ0n) is 10.8. The van der Waals surface area contributed by atoms with Crippen LogP contribution in [0.2, 0.25) is 0 Å². The lowest BCUT2D eigenvalue weighted by Crippen LogP contribution is -2.55. The number of ketones is 1. The number of likely N-dealkylation sites (N-methyl/N-ethyl adjacent to an activating group) is 1. The Hall–Kier alpha value is -0.410. The highest BCUT2D eigenvalue weighted by Crippen LogP contribution is 2.32. The molecule has 0 spiro atoms. The number of fused-ring (bicyclic) bond motifs is 2. The van der Waals surface area contributed by atoms with Gasteiger partial charge in [0.25, 0.3) is 0 Å². The normalized spacial score (nSPS) is 33.1. The van der Waals surface area contributed by atoms with Crippen molar-refractivity contribution in [3.63, 3.8) is 0 Å². The Morgan fingerprint density at radius 3 is 2.38 bits per heavy atom. The number of carbonyl (C=O) groups is 1. The Bertz CT molecular complexity index is 249. The summed E-state index contributed by atoms with van der Waals surface area (Å²) >= 11 is 0. The van der Waals surface area contributed by atoms with Crippen LogP contribution in [0, 0.1) is 0 Å². The molecule has 2 aliphatic rings. The van der Waals surface area contributed by atoms with E-state index in [1.54, 1.807) is 0 Å². The van der Waals surface area contributed by atoms with E-state index in [0.29, 0.717) is 23.9 Å². The van der Waals surface area contributed by atoms with Crippen LogP contribution >= 0.6 is 0 Å². The maximum Gasteiger partial charge on any atom is 0.136 e. The van der Waals surface area contributed by atoms with Crippen LogP contribution in [0.15, 0.2) is 0 Å². The number of nitrogens with zero attached hydrogens (tertiary/aromatic N) is 2. The topological polar surface area (TPSA) is 23.6 Å². The summed E-state index contributed by atoms with van der Waals surface area (Å²) in [5.74, 6) is 0.489. The van der Waals surface area contributed by atoms with Crippen LogP contribution in [0.3, 0.4) is 0 Å². The third-order valence-electron chi connectivity index (χ3n) is 4.30. The first-order chi connectivity index (χ1) is 7.58. The Morgan fingerprint density at radius 1 is 1.31 bits per heavy atom. The van der Waals surface area contributed by atoms with Gasteiger partial charge in [-0.25, -0.2) is 0 Å². The summed E-state index contributed by atoms with van der Waals surface area (Å²) < 4.78 is 0. The molecule has 2 fully saturated rings. The largest absolute Gasteiger partial charge is 0.305 e. The van der Waals surface area contributed by atoms with Crippen molar-refractivity contribution < 1.29 is 4.79 Å². The fraction of sp³-hybridized carbons (Fsp3) is 0.923. The van der Waals surface area contributed by atoms with Crippen LogP contribution in [0.5, 0.6) is 0 Å². The lowest BCUT2D eigenvalue weighted by molar-refractivity contribution is -0.127. The summed E-state index contributed by atoms with van der Waals surface area (Å²) in [5.41, 5.74) is 0. The van der Waals surface area contributed by atoms with Crippen LogP contribution < -0.4 is 0 Å². The fourth-order valence-corrected chi connectivity index (χ4v) is 3.03. The van der Waals surface area contributed by atoms with Crippen molar-refractivity contribution in [1.82, 2.24) is 9.80 Å². The molecule has 0 aliphatic carbocycles. The van der Waals surface area contributed by atoms with Crippen LogP contribution in [0.1, 0.15) is 39.0 Å². The smallest absolute Gasteiger partial charge is 0.136 e. The second kappa shape index (κ2) is 4.84. The summed E-state index contributed by atoms with van der Waals surface area (Å²) in [4.78, 5) is 16.5. The van der Waals surface area contributed by atoms with Crippen molar-refractivity contribution in [2.45, 2.75) is 57.2 Å². The van der Waals surface area contributed by atoms with E-state index in [1.165, 1.54) is 19.3 Å². The molecule has 0 aromatic rings. The average molecular weight is 224 g/mol. The minimum absolute atomic E-state index is 0.489.